The zero-order valence-corrected chi connectivity index (χ0v) is 12.4. The van der Waals surface area contributed by atoms with Gasteiger partial charge in [0.15, 0.2) is 0 Å². The van der Waals surface area contributed by atoms with Gasteiger partial charge >= 0.3 is 0 Å². The van der Waals surface area contributed by atoms with Crippen LogP contribution in [0.4, 0.5) is 0 Å². The zero-order valence-electron chi connectivity index (χ0n) is 10.8. The summed E-state index contributed by atoms with van der Waals surface area (Å²) in [6.45, 7) is 0. The van der Waals surface area contributed by atoms with Crippen LogP contribution < -0.4 is 10.2 Å². The number of nitrogens with zero attached hydrogens (tertiary/aromatic N) is 1. The molecule has 0 aliphatic heterocycles. The topological polar surface area (TPSA) is 50.7 Å². The van der Waals surface area contributed by atoms with Crippen LogP contribution in [-0.2, 0) is 0 Å². The number of ether oxygens (including phenoxy) is 1. The molecule has 5 heteroatoms. The molecule has 0 spiro atoms. The summed E-state index contributed by atoms with van der Waals surface area (Å²) in [5.74, 6) is 0.351. The maximum Gasteiger partial charge on any atom is 0.271 e. The van der Waals surface area contributed by atoms with Gasteiger partial charge in [0.2, 0.25) is 0 Å². The highest BCUT2D eigenvalue weighted by Gasteiger charge is 2.04. The lowest BCUT2D eigenvalue weighted by Crippen LogP contribution is -2.17. The van der Waals surface area contributed by atoms with Crippen LogP contribution in [-0.4, -0.2) is 19.2 Å². The first-order chi connectivity index (χ1) is 9.69. The third kappa shape index (κ3) is 3.93. The number of hydrogen-bond acceptors (Lipinski definition) is 3. The molecule has 0 heterocycles. The molecule has 0 aliphatic carbocycles. The van der Waals surface area contributed by atoms with Crippen molar-refractivity contribution in [2.24, 2.45) is 5.10 Å². The van der Waals surface area contributed by atoms with Gasteiger partial charge in [-0.25, -0.2) is 5.43 Å². The molecule has 2 aromatic rings. The predicted octanol–water partition coefficient (Wildman–Crippen LogP) is 3.22. The summed E-state index contributed by atoms with van der Waals surface area (Å²) in [5.41, 5.74) is 3.87. The number of methoxy groups -OCH3 is 1. The number of halogens is 1. The van der Waals surface area contributed by atoms with Crippen molar-refractivity contribution in [1.29, 1.82) is 0 Å². The van der Waals surface area contributed by atoms with E-state index in [1.807, 2.05) is 24.3 Å². The first kappa shape index (κ1) is 14.3. The Bertz CT molecular complexity index is 641. The molecule has 4 nitrogen and oxygen atoms in total. The Kier molecular flexibility index (Phi) is 4.90. The molecule has 0 aromatic heterocycles. The van der Waals surface area contributed by atoms with E-state index in [4.69, 9.17) is 4.74 Å². The highest BCUT2D eigenvalue weighted by molar-refractivity contribution is 9.10. The first-order valence-electron chi connectivity index (χ1n) is 5.92. The molecule has 1 amide bonds. The van der Waals surface area contributed by atoms with E-state index in [0.29, 0.717) is 11.3 Å². The molecule has 0 radical (unpaired) electrons. The summed E-state index contributed by atoms with van der Waals surface area (Å²) in [6.07, 6.45) is 1.59. The second-order valence-electron chi connectivity index (χ2n) is 3.99. The highest BCUT2D eigenvalue weighted by atomic mass is 79.9. The Hall–Kier alpha value is -2.14. The van der Waals surface area contributed by atoms with Crippen LogP contribution in [0.3, 0.4) is 0 Å². The minimum absolute atomic E-state index is 0.282. The summed E-state index contributed by atoms with van der Waals surface area (Å²) >= 11 is 3.37. The van der Waals surface area contributed by atoms with Crippen molar-refractivity contribution in [2.45, 2.75) is 0 Å². The van der Waals surface area contributed by atoms with Crippen molar-refractivity contribution in [3.05, 3.63) is 64.1 Å². The summed E-state index contributed by atoms with van der Waals surface area (Å²) in [7, 11) is 1.56. The zero-order chi connectivity index (χ0) is 14.4. The molecule has 2 rings (SSSR count). The summed E-state index contributed by atoms with van der Waals surface area (Å²) in [6, 6.07) is 14.5. The fourth-order valence-electron chi connectivity index (χ4n) is 1.58. The van der Waals surface area contributed by atoms with Gasteiger partial charge in [0, 0.05) is 10.0 Å². The Morgan fingerprint density at radius 3 is 2.80 bits per heavy atom. The number of carbonyl (C=O) groups excluding carboxylic acids is 1. The van der Waals surface area contributed by atoms with Gasteiger partial charge < -0.3 is 4.74 Å². The summed E-state index contributed by atoms with van der Waals surface area (Å²) < 4.78 is 6.03. The van der Waals surface area contributed by atoms with E-state index in [2.05, 4.69) is 26.5 Å². The molecule has 0 aliphatic rings. The summed E-state index contributed by atoms with van der Waals surface area (Å²) in [4.78, 5) is 11.9. The van der Waals surface area contributed by atoms with Crippen molar-refractivity contribution < 1.29 is 9.53 Å². The van der Waals surface area contributed by atoms with Gasteiger partial charge in [-0.3, -0.25) is 4.79 Å². The predicted molar refractivity (Wildman–Crippen MR) is 82.2 cm³/mol. The molecule has 0 fully saturated rings. The lowest BCUT2D eigenvalue weighted by molar-refractivity contribution is 0.0955. The highest BCUT2D eigenvalue weighted by Crippen LogP contribution is 2.12. The number of carbonyl (C=O) groups is 1. The van der Waals surface area contributed by atoms with Gasteiger partial charge in [0.25, 0.3) is 5.91 Å². The molecule has 1 N–H and O–H groups in total. The monoisotopic (exact) mass is 332 g/mol. The maximum absolute atomic E-state index is 11.9. The van der Waals surface area contributed by atoms with Crippen LogP contribution >= 0.6 is 15.9 Å². The van der Waals surface area contributed by atoms with Crippen LogP contribution in [0.2, 0.25) is 0 Å². The Morgan fingerprint density at radius 1 is 1.25 bits per heavy atom. The van der Waals surface area contributed by atoms with Crippen LogP contribution in [0.25, 0.3) is 0 Å². The van der Waals surface area contributed by atoms with Crippen molar-refractivity contribution in [3.8, 4) is 5.75 Å². The number of hydrogen-bond donors (Lipinski definition) is 1. The van der Waals surface area contributed by atoms with Gasteiger partial charge in [-0.1, -0.05) is 34.1 Å². The number of amides is 1. The van der Waals surface area contributed by atoms with Gasteiger partial charge in [-0.15, -0.1) is 0 Å². The molecule has 0 saturated heterocycles. The third-order valence-electron chi connectivity index (χ3n) is 2.56. The van der Waals surface area contributed by atoms with Crippen LogP contribution in [0, 0.1) is 0 Å². The van der Waals surface area contributed by atoms with Gasteiger partial charge in [-0.05, 0) is 35.9 Å². The number of benzene rings is 2. The SMILES string of the molecule is COc1cccc(C(=O)N/N=C/c2cccc(Br)c2)c1. The van der Waals surface area contributed by atoms with Crippen molar-refractivity contribution in [1.82, 2.24) is 5.43 Å². The van der Waals surface area contributed by atoms with Gasteiger partial charge in [-0.2, -0.15) is 5.10 Å². The van der Waals surface area contributed by atoms with E-state index in [1.54, 1.807) is 37.6 Å². The molecule has 2 aromatic carbocycles. The maximum atomic E-state index is 11.9. The standard InChI is InChI=1S/C15H13BrN2O2/c1-20-14-7-3-5-12(9-14)15(19)18-17-10-11-4-2-6-13(16)8-11/h2-10H,1H3,(H,18,19)/b17-10+. The fourth-order valence-corrected chi connectivity index (χ4v) is 2.00. The Labute approximate surface area is 125 Å². The second kappa shape index (κ2) is 6.86. The van der Waals surface area contributed by atoms with Crippen molar-refractivity contribution in [2.75, 3.05) is 7.11 Å². The lowest BCUT2D eigenvalue weighted by Gasteiger charge is -2.03. The fraction of sp³-hybridized carbons (Fsp3) is 0.0667. The van der Waals surface area contributed by atoms with E-state index in [-0.39, 0.29) is 5.91 Å². The number of rotatable bonds is 4. The van der Waals surface area contributed by atoms with E-state index in [1.165, 1.54) is 0 Å². The molecule has 0 atom stereocenters. The minimum Gasteiger partial charge on any atom is -0.497 e. The van der Waals surface area contributed by atoms with E-state index < -0.39 is 0 Å². The van der Waals surface area contributed by atoms with Gasteiger partial charge in [0.1, 0.15) is 5.75 Å². The number of nitrogens with one attached hydrogen (secondary N) is 1. The Morgan fingerprint density at radius 2 is 2.05 bits per heavy atom. The lowest BCUT2D eigenvalue weighted by atomic mass is 10.2. The van der Waals surface area contributed by atoms with Crippen LogP contribution in [0.5, 0.6) is 5.75 Å². The van der Waals surface area contributed by atoms with Crippen LogP contribution in [0.1, 0.15) is 15.9 Å². The molecule has 20 heavy (non-hydrogen) atoms. The molecular weight excluding hydrogens is 320 g/mol. The minimum atomic E-state index is -0.282. The second-order valence-corrected chi connectivity index (χ2v) is 4.90. The van der Waals surface area contributed by atoms with Crippen LogP contribution in [0.15, 0.2) is 58.1 Å². The molecule has 0 bridgehead atoms. The largest absolute Gasteiger partial charge is 0.497 e. The van der Waals surface area contributed by atoms with E-state index in [0.717, 1.165) is 10.0 Å². The quantitative estimate of drug-likeness (QED) is 0.690. The van der Waals surface area contributed by atoms with Crippen molar-refractivity contribution in [3.63, 3.8) is 0 Å². The van der Waals surface area contributed by atoms with E-state index >= 15 is 0 Å². The molecule has 102 valence electrons. The van der Waals surface area contributed by atoms with Crippen molar-refractivity contribution >= 4 is 28.1 Å². The van der Waals surface area contributed by atoms with Gasteiger partial charge in [0.05, 0.1) is 13.3 Å². The first-order valence-corrected chi connectivity index (χ1v) is 6.71. The van der Waals surface area contributed by atoms with E-state index in [9.17, 15) is 4.79 Å². The average molecular weight is 333 g/mol. The summed E-state index contributed by atoms with van der Waals surface area (Å²) in [5, 5.41) is 3.93. The molecule has 0 unspecified atom stereocenters. The number of hydrazone groups is 1. The average Bonchev–Trinajstić information content (AvgIpc) is 2.47. The molecular formula is C15H13BrN2O2. The molecule has 0 saturated carbocycles. The Balaban J connectivity index is 2.01. The third-order valence-corrected chi connectivity index (χ3v) is 3.05. The normalized spacial score (nSPS) is 10.5. The smallest absolute Gasteiger partial charge is 0.271 e.